The van der Waals surface area contributed by atoms with E-state index < -0.39 is 0 Å². The summed E-state index contributed by atoms with van der Waals surface area (Å²) in [7, 11) is 0. The van der Waals surface area contributed by atoms with Gasteiger partial charge in [-0.25, -0.2) is 4.98 Å². The molecule has 3 aromatic rings. The number of hydrogen-bond acceptors (Lipinski definition) is 2. The number of aromatic nitrogens is 2. The number of benzene rings is 1. The van der Waals surface area contributed by atoms with E-state index in [2.05, 4.69) is 19.2 Å². The lowest BCUT2D eigenvalue weighted by atomic mass is 10.1. The minimum absolute atomic E-state index is 0.643. The Bertz CT molecular complexity index is 807. The number of rotatable bonds is 5. The molecular formula is C18H19Cl2N3. The van der Waals surface area contributed by atoms with E-state index >= 15 is 0 Å². The lowest BCUT2D eigenvalue weighted by Crippen LogP contribution is -2.07. The Morgan fingerprint density at radius 2 is 1.74 bits per heavy atom. The Morgan fingerprint density at radius 3 is 2.43 bits per heavy atom. The Balaban J connectivity index is 2.06. The predicted octanol–water partition coefficient (Wildman–Crippen LogP) is 5.77. The van der Waals surface area contributed by atoms with Crippen molar-refractivity contribution in [3.63, 3.8) is 0 Å². The van der Waals surface area contributed by atoms with Gasteiger partial charge in [-0.3, -0.25) is 4.40 Å². The number of halogens is 2. The molecule has 0 amide bonds. The SMILES string of the molecule is CC(C)CCNc1c(-c2ccc(Cl)cc2)nc2ccc(Cl)cn12. The second kappa shape index (κ2) is 6.81. The molecule has 0 saturated heterocycles. The van der Waals surface area contributed by atoms with E-state index in [4.69, 9.17) is 28.2 Å². The highest BCUT2D eigenvalue weighted by Gasteiger charge is 2.14. The van der Waals surface area contributed by atoms with E-state index in [9.17, 15) is 0 Å². The molecule has 2 aromatic heterocycles. The molecule has 3 rings (SSSR count). The van der Waals surface area contributed by atoms with Crippen LogP contribution in [0.3, 0.4) is 0 Å². The summed E-state index contributed by atoms with van der Waals surface area (Å²) >= 11 is 12.2. The molecule has 0 atom stereocenters. The van der Waals surface area contributed by atoms with Crippen LogP contribution < -0.4 is 5.32 Å². The van der Waals surface area contributed by atoms with Crippen molar-refractivity contribution in [2.75, 3.05) is 11.9 Å². The van der Waals surface area contributed by atoms with Crippen molar-refractivity contribution in [2.45, 2.75) is 20.3 Å². The molecule has 5 heteroatoms. The Labute approximate surface area is 146 Å². The first-order chi connectivity index (χ1) is 11.0. The van der Waals surface area contributed by atoms with Crippen LogP contribution in [-0.2, 0) is 0 Å². The summed E-state index contributed by atoms with van der Waals surface area (Å²) in [6.07, 6.45) is 2.98. The van der Waals surface area contributed by atoms with Crippen molar-refractivity contribution in [3.8, 4) is 11.3 Å². The zero-order valence-electron chi connectivity index (χ0n) is 13.2. The van der Waals surface area contributed by atoms with E-state index in [-0.39, 0.29) is 0 Å². The normalized spacial score (nSPS) is 11.3. The standard InChI is InChI=1S/C18H19Cl2N3/c1-12(2)9-10-21-18-17(13-3-5-14(19)6-4-13)22-16-8-7-15(20)11-23(16)18/h3-8,11-12,21H,9-10H2,1-2H3. The van der Waals surface area contributed by atoms with Gasteiger partial charge in [0.1, 0.15) is 17.2 Å². The molecule has 0 fully saturated rings. The third kappa shape index (κ3) is 3.62. The van der Waals surface area contributed by atoms with Crippen molar-refractivity contribution in [3.05, 3.63) is 52.6 Å². The lowest BCUT2D eigenvalue weighted by molar-refractivity contribution is 0.606. The van der Waals surface area contributed by atoms with E-state index in [0.717, 1.165) is 40.7 Å². The molecular weight excluding hydrogens is 329 g/mol. The van der Waals surface area contributed by atoms with Crippen LogP contribution in [0.4, 0.5) is 5.82 Å². The summed E-state index contributed by atoms with van der Waals surface area (Å²) in [5, 5.41) is 4.92. The third-order valence-corrected chi connectivity index (χ3v) is 4.19. The number of pyridine rings is 1. The molecule has 0 bridgehead atoms. The molecule has 2 heterocycles. The summed E-state index contributed by atoms with van der Waals surface area (Å²) in [6, 6.07) is 11.5. The molecule has 1 N–H and O–H groups in total. The van der Waals surface area contributed by atoms with Gasteiger partial charge in [0, 0.05) is 23.3 Å². The van der Waals surface area contributed by atoms with Gasteiger partial charge in [-0.15, -0.1) is 0 Å². The highest BCUT2D eigenvalue weighted by atomic mass is 35.5. The Kier molecular flexibility index (Phi) is 4.79. The summed E-state index contributed by atoms with van der Waals surface area (Å²) < 4.78 is 2.01. The lowest BCUT2D eigenvalue weighted by Gasteiger charge is -2.10. The fourth-order valence-electron chi connectivity index (χ4n) is 2.48. The monoisotopic (exact) mass is 347 g/mol. The summed E-state index contributed by atoms with van der Waals surface area (Å²) in [5.41, 5.74) is 2.81. The van der Waals surface area contributed by atoms with Crippen molar-refractivity contribution < 1.29 is 0 Å². The molecule has 1 aromatic carbocycles. The summed E-state index contributed by atoms with van der Waals surface area (Å²) in [6.45, 7) is 5.32. The molecule has 0 aliphatic heterocycles. The average Bonchev–Trinajstić information content (AvgIpc) is 2.86. The summed E-state index contributed by atoms with van der Waals surface area (Å²) in [5.74, 6) is 1.61. The van der Waals surface area contributed by atoms with Gasteiger partial charge in [0.15, 0.2) is 0 Å². The van der Waals surface area contributed by atoms with Crippen LogP contribution in [0.2, 0.25) is 10.0 Å². The van der Waals surface area contributed by atoms with Crippen LogP contribution in [0, 0.1) is 5.92 Å². The number of anilines is 1. The molecule has 0 saturated carbocycles. The summed E-state index contributed by atoms with van der Waals surface area (Å²) in [4.78, 5) is 4.75. The first-order valence-corrected chi connectivity index (χ1v) is 8.47. The molecule has 23 heavy (non-hydrogen) atoms. The molecule has 3 nitrogen and oxygen atoms in total. The quantitative estimate of drug-likeness (QED) is 0.635. The van der Waals surface area contributed by atoms with E-state index in [0.29, 0.717) is 10.9 Å². The number of fused-ring (bicyclic) bond motifs is 1. The largest absolute Gasteiger partial charge is 0.369 e. The zero-order chi connectivity index (χ0) is 16.4. The zero-order valence-corrected chi connectivity index (χ0v) is 14.7. The molecule has 120 valence electrons. The highest BCUT2D eigenvalue weighted by Crippen LogP contribution is 2.30. The van der Waals surface area contributed by atoms with Gasteiger partial charge in [0.05, 0.1) is 5.02 Å². The number of nitrogens with one attached hydrogen (secondary N) is 1. The first kappa shape index (κ1) is 16.2. The van der Waals surface area contributed by atoms with Gasteiger partial charge in [-0.1, -0.05) is 49.2 Å². The van der Waals surface area contributed by atoms with Crippen LogP contribution in [0.15, 0.2) is 42.6 Å². The smallest absolute Gasteiger partial charge is 0.139 e. The van der Waals surface area contributed by atoms with Crippen molar-refractivity contribution in [1.29, 1.82) is 0 Å². The van der Waals surface area contributed by atoms with Crippen molar-refractivity contribution >= 4 is 34.7 Å². The van der Waals surface area contributed by atoms with Gasteiger partial charge >= 0.3 is 0 Å². The molecule has 0 spiro atoms. The number of hydrogen-bond donors (Lipinski definition) is 1. The molecule has 0 aliphatic rings. The van der Waals surface area contributed by atoms with Gasteiger partial charge < -0.3 is 5.32 Å². The van der Waals surface area contributed by atoms with Crippen LogP contribution in [0.25, 0.3) is 16.9 Å². The van der Waals surface area contributed by atoms with Crippen molar-refractivity contribution in [1.82, 2.24) is 9.38 Å². The fourth-order valence-corrected chi connectivity index (χ4v) is 2.76. The van der Waals surface area contributed by atoms with Crippen LogP contribution >= 0.6 is 23.2 Å². The highest BCUT2D eigenvalue weighted by molar-refractivity contribution is 6.30. The van der Waals surface area contributed by atoms with Gasteiger partial charge in [-0.2, -0.15) is 0 Å². The van der Waals surface area contributed by atoms with Gasteiger partial charge in [0.2, 0.25) is 0 Å². The van der Waals surface area contributed by atoms with Crippen molar-refractivity contribution in [2.24, 2.45) is 5.92 Å². The van der Waals surface area contributed by atoms with E-state index in [1.165, 1.54) is 0 Å². The van der Waals surface area contributed by atoms with Crippen LogP contribution in [-0.4, -0.2) is 15.9 Å². The first-order valence-electron chi connectivity index (χ1n) is 7.72. The molecule has 0 unspecified atom stereocenters. The van der Waals surface area contributed by atoms with Crippen LogP contribution in [0.5, 0.6) is 0 Å². The topological polar surface area (TPSA) is 29.3 Å². The maximum atomic E-state index is 6.16. The van der Waals surface area contributed by atoms with E-state index in [1.807, 2.05) is 47.0 Å². The van der Waals surface area contributed by atoms with E-state index in [1.54, 1.807) is 0 Å². The van der Waals surface area contributed by atoms with Gasteiger partial charge in [0.25, 0.3) is 0 Å². The van der Waals surface area contributed by atoms with Gasteiger partial charge in [-0.05, 0) is 36.6 Å². The minimum Gasteiger partial charge on any atom is -0.369 e. The second-order valence-electron chi connectivity index (χ2n) is 6.00. The number of nitrogens with zero attached hydrogens (tertiary/aromatic N) is 2. The number of imidazole rings is 1. The Hall–Kier alpha value is -1.71. The minimum atomic E-state index is 0.643. The van der Waals surface area contributed by atoms with Crippen LogP contribution in [0.1, 0.15) is 20.3 Å². The average molecular weight is 348 g/mol. The predicted molar refractivity (Wildman–Crippen MR) is 98.6 cm³/mol. The maximum absolute atomic E-state index is 6.16. The maximum Gasteiger partial charge on any atom is 0.139 e. The third-order valence-electron chi connectivity index (χ3n) is 3.71. The fraction of sp³-hybridized carbons (Fsp3) is 0.278. The molecule has 0 aliphatic carbocycles. The second-order valence-corrected chi connectivity index (χ2v) is 6.87. The Morgan fingerprint density at radius 1 is 1.04 bits per heavy atom. The molecule has 0 radical (unpaired) electrons.